The van der Waals surface area contributed by atoms with Crippen LogP contribution in [0.15, 0.2) is 6.20 Å². The SMILES string of the molecule is Cc1nc2c(C3CC3)c(C(C)C)cnc2s1. The third-order valence-corrected chi connectivity index (χ3v) is 4.09. The smallest absolute Gasteiger partial charge is 0.143 e. The summed E-state index contributed by atoms with van der Waals surface area (Å²) in [5, 5.41) is 1.13. The van der Waals surface area contributed by atoms with Gasteiger partial charge in [0.15, 0.2) is 0 Å². The van der Waals surface area contributed by atoms with Gasteiger partial charge in [-0.1, -0.05) is 25.2 Å². The molecule has 2 aromatic heterocycles. The predicted molar refractivity (Wildman–Crippen MR) is 68.2 cm³/mol. The fraction of sp³-hybridized carbons (Fsp3) is 0.538. The Hall–Kier alpha value is -0.960. The molecule has 0 N–H and O–H groups in total. The van der Waals surface area contributed by atoms with E-state index >= 15 is 0 Å². The minimum atomic E-state index is 0.550. The fourth-order valence-corrected chi connectivity index (χ4v) is 3.05. The van der Waals surface area contributed by atoms with Gasteiger partial charge in [-0.3, -0.25) is 0 Å². The van der Waals surface area contributed by atoms with Crippen LogP contribution in [-0.4, -0.2) is 9.97 Å². The van der Waals surface area contributed by atoms with Gasteiger partial charge in [-0.15, -0.1) is 0 Å². The number of fused-ring (bicyclic) bond motifs is 1. The van der Waals surface area contributed by atoms with Crippen LogP contribution in [0.3, 0.4) is 0 Å². The van der Waals surface area contributed by atoms with Crippen LogP contribution in [-0.2, 0) is 0 Å². The van der Waals surface area contributed by atoms with Gasteiger partial charge in [-0.2, -0.15) is 0 Å². The summed E-state index contributed by atoms with van der Waals surface area (Å²) in [6.07, 6.45) is 4.73. The second-order valence-electron chi connectivity index (χ2n) is 4.94. The molecule has 16 heavy (non-hydrogen) atoms. The molecule has 3 heteroatoms. The van der Waals surface area contributed by atoms with Crippen LogP contribution < -0.4 is 0 Å². The van der Waals surface area contributed by atoms with Crippen molar-refractivity contribution < 1.29 is 0 Å². The third kappa shape index (κ3) is 1.54. The number of aromatic nitrogens is 2. The van der Waals surface area contributed by atoms with Crippen LogP contribution in [0.4, 0.5) is 0 Å². The van der Waals surface area contributed by atoms with Crippen molar-refractivity contribution in [1.82, 2.24) is 9.97 Å². The number of pyridine rings is 1. The standard InChI is InChI=1S/C13H16N2S/c1-7(2)10-6-14-13-12(15-8(3)16-13)11(10)9-4-5-9/h6-7,9H,4-5H2,1-3H3. The van der Waals surface area contributed by atoms with Gasteiger partial charge in [0, 0.05) is 6.20 Å². The molecule has 0 saturated heterocycles. The van der Waals surface area contributed by atoms with Crippen LogP contribution in [0.5, 0.6) is 0 Å². The number of rotatable bonds is 2. The number of aryl methyl sites for hydroxylation is 1. The first kappa shape index (κ1) is 10.2. The van der Waals surface area contributed by atoms with E-state index in [1.165, 1.54) is 29.5 Å². The summed E-state index contributed by atoms with van der Waals surface area (Å²) in [7, 11) is 0. The highest BCUT2D eigenvalue weighted by Gasteiger charge is 2.30. The molecular formula is C13H16N2S. The molecule has 0 aromatic carbocycles. The van der Waals surface area contributed by atoms with Crippen molar-refractivity contribution >= 4 is 21.7 Å². The minimum absolute atomic E-state index is 0.550. The average Bonchev–Trinajstić information content (AvgIpc) is 2.97. The van der Waals surface area contributed by atoms with Crippen molar-refractivity contribution in [1.29, 1.82) is 0 Å². The average molecular weight is 232 g/mol. The van der Waals surface area contributed by atoms with Crippen LogP contribution in [0, 0.1) is 6.92 Å². The van der Waals surface area contributed by atoms with Gasteiger partial charge in [-0.25, -0.2) is 9.97 Å². The molecule has 1 saturated carbocycles. The van der Waals surface area contributed by atoms with E-state index in [1.807, 2.05) is 0 Å². The van der Waals surface area contributed by atoms with Gasteiger partial charge in [0.25, 0.3) is 0 Å². The number of hydrogen-bond acceptors (Lipinski definition) is 3. The molecule has 0 unspecified atom stereocenters. The lowest BCUT2D eigenvalue weighted by molar-refractivity contribution is 0.838. The maximum absolute atomic E-state index is 4.67. The van der Waals surface area contributed by atoms with Gasteiger partial charge in [0.05, 0.1) is 5.01 Å². The van der Waals surface area contributed by atoms with Crippen LogP contribution >= 0.6 is 11.3 Å². The Labute approximate surface area is 99.7 Å². The van der Waals surface area contributed by atoms with Gasteiger partial charge >= 0.3 is 0 Å². The quantitative estimate of drug-likeness (QED) is 0.782. The lowest BCUT2D eigenvalue weighted by Gasteiger charge is -2.11. The van der Waals surface area contributed by atoms with E-state index in [1.54, 1.807) is 11.3 Å². The molecule has 1 aliphatic carbocycles. The first-order valence-electron chi connectivity index (χ1n) is 5.92. The van der Waals surface area contributed by atoms with Gasteiger partial charge in [0.1, 0.15) is 10.3 Å². The molecular weight excluding hydrogens is 216 g/mol. The molecule has 0 amide bonds. The lowest BCUT2D eigenvalue weighted by atomic mass is 9.96. The number of hydrogen-bond donors (Lipinski definition) is 0. The summed E-state index contributed by atoms with van der Waals surface area (Å²) in [6, 6.07) is 0. The van der Waals surface area contributed by atoms with Crippen molar-refractivity contribution in [3.8, 4) is 0 Å². The highest BCUT2D eigenvalue weighted by Crippen LogP contribution is 2.46. The molecule has 0 aliphatic heterocycles. The van der Waals surface area contributed by atoms with Crippen LogP contribution in [0.25, 0.3) is 10.3 Å². The van der Waals surface area contributed by atoms with Crippen molar-refractivity contribution in [2.24, 2.45) is 0 Å². The second-order valence-corrected chi connectivity index (χ2v) is 6.12. The zero-order valence-corrected chi connectivity index (χ0v) is 10.8. The van der Waals surface area contributed by atoms with E-state index in [-0.39, 0.29) is 0 Å². The van der Waals surface area contributed by atoms with E-state index in [4.69, 9.17) is 0 Å². The molecule has 0 atom stereocenters. The maximum Gasteiger partial charge on any atom is 0.143 e. The van der Waals surface area contributed by atoms with E-state index in [2.05, 4.69) is 36.9 Å². The second kappa shape index (κ2) is 3.52. The van der Waals surface area contributed by atoms with Crippen molar-refractivity contribution in [3.05, 3.63) is 22.3 Å². The predicted octanol–water partition coefficient (Wildman–Crippen LogP) is 4.00. The summed E-state index contributed by atoms with van der Waals surface area (Å²) >= 11 is 1.71. The van der Waals surface area contributed by atoms with Crippen LogP contribution in [0.2, 0.25) is 0 Å². The van der Waals surface area contributed by atoms with Gasteiger partial charge in [-0.05, 0) is 42.7 Å². The molecule has 2 aromatic rings. The zero-order valence-electron chi connectivity index (χ0n) is 9.95. The summed E-state index contributed by atoms with van der Waals surface area (Å²) in [5.41, 5.74) is 4.07. The highest BCUT2D eigenvalue weighted by molar-refractivity contribution is 7.18. The summed E-state index contributed by atoms with van der Waals surface area (Å²) < 4.78 is 0. The molecule has 2 heterocycles. The molecule has 0 radical (unpaired) electrons. The van der Waals surface area contributed by atoms with E-state index in [0.29, 0.717) is 5.92 Å². The Balaban J connectivity index is 2.30. The first-order chi connectivity index (χ1) is 7.66. The Morgan fingerprint density at radius 2 is 2.12 bits per heavy atom. The fourth-order valence-electron chi connectivity index (χ4n) is 2.27. The van der Waals surface area contributed by atoms with Crippen molar-refractivity contribution in [2.45, 2.75) is 45.4 Å². The summed E-state index contributed by atoms with van der Waals surface area (Å²) in [4.78, 5) is 10.3. The Kier molecular flexibility index (Phi) is 2.25. The molecule has 1 aliphatic rings. The summed E-state index contributed by atoms with van der Waals surface area (Å²) in [5.74, 6) is 1.30. The highest BCUT2D eigenvalue weighted by atomic mass is 32.1. The molecule has 1 fully saturated rings. The Bertz CT molecular complexity index is 538. The molecule has 0 spiro atoms. The molecule has 2 nitrogen and oxygen atoms in total. The van der Waals surface area contributed by atoms with Gasteiger partial charge in [0.2, 0.25) is 0 Å². The zero-order chi connectivity index (χ0) is 11.3. The van der Waals surface area contributed by atoms with Gasteiger partial charge < -0.3 is 0 Å². The molecule has 3 rings (SSSR count). The van der Waals surface area contributed by atoms with Crippen molar-refractivity contribution in [3.63, 3.8) is 0 Å². The van der Waals surface area contributed by atoms with Crippen molar-refractivity contribution in [2.75, 3.05) is 0 Å². The normalized spacial score (nSPS) is 16.2. The van der Waals surface area contributed by atoms with E-state index < -0.39 is 0 Å². The Morgan fingerprint density at radius 1 is 1.38 bits per heavy atom. The maximum atomic E-state index is 4.67. The largest absolute Gasteiger partial charge is 0.243 e. The lowest BCUT2D eigenvalue weighted by Crippen LogP contribution is -1.97. The van der Waals surface area contributed by atoms with Crippen LogP contribution in [0.1, 0.15) is 54.7 Å². The molecule has 84 valence electrons. The van der Waals surface area contributed by atoms with E-state index in [9.17, 15) is 0 Å². The first-order valence-corrected chi connectivity index (χ1v) is 6.74. The summed E-state index contributed by atoms with van der Waals surface area (Å²) in [6.45, 7) is 6.56. The topological polar surface area (TPSA) is 25.8 Å². The Morgan fingerprint density at radius 3 is 2.75 bits per heavy atom. The molecule has 0 bridgehead atoms. The monoisotopic (exact) mass is 232 g/mol. The number of nitrogens with zero attached hydrogens (tertiary/aromatic N) is 2. The minimum Gasteiger partial charge on any atom is -0.243 e. The van der Waals surface area contributed by atoms with E-state index in [0.717, 1.165) is 15.8 Å². The third-order valence-electron chi connectivity index (χ3n) is 3.21. The number of thiazole rings is 1.